The first kappa shape index (κ1) is 12.6. The predicted molar refractivity (Wildman–Crippen MR) is 70.3 cm³/mol. The predicted octanol–water partition coefficient (Wildman–Crippen LogP) is 2.58. The number of halogens is 1. The Morgan fingerprint density at radius 3 is 2.82 bits per heavy atom. The van der Waals surface area contributed by atoms with Crippen LogP contribution in [-0.2, 0) is 0 Å². The van der Waals surface area contributed by atoms with Crippen LogP contribution in [0.15, 0.2) is 12.3 Å². The number of amides is 1. The molecule has 0 atom stereocenters. The zero-order chi connectivity index (χ0) is 12.1. The van der Waals surface area contributed by atoms with Gasteiger partial charge in [0, 0.05) is 24.1 Å². The van der Waals surface area contributed by atoms with Crippen LogP contribution < -0.4 is 0 Å². The second-order valence-electron chi connectivity index (χ2n) is 4.45. The van der Waals surface area contributed by atoms with E-state index < -0.39 is 0 Å². The van der Waals surface area contributed by atoms with E-state index in [-0.39, 0.29) is 5.91 Å². The maximum absolute atomic E-state index is 12.3. The third-order valence-electron chi connectivity index (χ3n) is 3.33. The molecule has 0 radical (unpaired) electrons. The summed E-state index contributed by atoms with van der Waals surface area (Å²) in [4.78, 5) is 14.3. The number of nitrogens with one attached hydrogen (secondary N) is 1. The molecule has 1 aromatic rings. The monoisotopic (exact) mass is 299 g/mol. The zero-order valence-corrected chi connectivity index (χ0v) is 11.4. The van der Waals surface area contributed by atoms with Gasteiger partial charge in [-0.3, -0.25) is 9.89 Å². The van der Waals surface area contributed by atoms with Crippen LogP contribution >= 0.6 is 15.9 Å². The van der Waals surface area contributed by atoms with Crippen molar-refractivity contribution in [2.45, 2.75) is 38.1 Å². The van der Waals surface area contributed by atoms with Gasteiger partial charge in [-0.05, 0) is 18.9 Å². The fraction of sp³-hybridized carbons (Fsp3) is 0.667. The summed E-state index contributed by atoms with van der Waals surface area (Å²) in [5, 5.41) is 7.43. The quantitative estimate of drug-likeness (QED) is 0.869. The Morgan fingerprint density at radius 2 is 2.24 bits per heavy atom. The molecular formula is C12H18BrN3O. The molecule has 1 saturated carbocycles. The minimum atomic E-state index is 0.0776. The number of aromatic nitrogens is 2. The van der Waals surface area contributed by atoms with Crippen molar-refractivity contribution >= 4 is 21.8 Å². The molecule has 5 heteroatoms. The molecule has 0 aliphatic heterocycles. The van der Waals surface area contributed by atoms with E-state index >= 15 is 0 Å². The summed E-state index contributed by atoms with van der Waals surface area (Å²) in [5.41, 5.74) is 0.594. The van der Waals surface area contributed by atoms with Crippen molar-refractivity contribution in [3.8, 4) is 0 Å². The van der Waals surface area contributed by atoms with E-state index in [1.54, 1.807) is 12.3 Å². The van der Waals surface area contributed by atoms with E-state index in [0.717, 1.165) is 24.7 Å². The minimum absolute atomic E-state index is 0.0776. The van der Waals surface area contributed by atoms with Crippen LogP contribution in [0.2, 0.25) is 0 Å². The van der Waals surface area contributed by atoms with Gasteiger partial charge in [-0.2, -0.15) is 5.10 Å². The van der Waals surface area contributed by atoms with Gasteiger partial charge in [-0.15, -0.1) is 0 Å². The third-order valence-corrected chi connectivity index (χ3v) is 3.69. The lowest BCUT2D eigenvalue weighted by molar-refractivity contribution is 0.0645. The maximum Gasteiger partial charge on any atom is 0.272 e. The molecule has 1 fully saturated rings. The van der Waals surface area contributed by atoms with Crippen LogP contribution in [0.25, 0.3) is 0 Å². The number of carbonyl (C=O) groups excluding carboxylic acids is 1. The summed E-state index contributed by atoms with van der Waals surface area (Å²) >= 11 is 3.43. The number of hydrogen-bond acceptors (Lipinski definition) is 2. The van der Waals surface area contributed by atoms with E-state index in [4.69, 9.17) is 0 Å². The standard InChI is InChI=1S/C12H18BrN3O/c13-7-9-16(10-4-2-1-3-5-10)12(17)11-6-8-14-15-11/h6,8,10H,1-5,7,9H2,(H,14,15). The largest absolute Gasteiger partial charge is 0.334 e. The zero-order valence-electron chi connectivity index (χ0n) is 9.86. The van der Waals surface area contributed by atoms with Crippen LogP contribution in [0.4, 0.5) is 0 Å². The smallest absolute Gasteiger partial charge is 0.272 e. The fourth-order valence-corrected chi connectivity index (χ4v) is 2.85. The molecule has 94 valence electrons. The van der Waals surface area contributed by atoms with Gasteiger partial charge in [0.15, 0.2) is 0 Å². The molecule has 1 aromatic heterocycles. The Kier molecular flexibility index (Phi) is 4.59. The van der Waals surface area contributed by atoms with E-state index in [9.17, 15) is 4.79 Å². The molecule has 1 heterocycles. The van der Waals surface area contributed by atoms with Gasteiger partial charge in [-0.1, -0.05) is 35.2 Å². The molecule has 2 rings (SSSR count). The number of H-pyrrole nitrogens is 1. The number of hydrogen-bond donors (Lipinski definition) is 1. The number of rotatable bonds is 4. The highest BCUT2D eigenvalue weighted by Crippen LogP contribution is 2.23. The van der Waals surface area contributed by atoms with Gasteiger partial charge in [0.25, 0.3) is 5.91 Å². The second kappa shape index (κ2) is 6.19. The Balaban J connectivity index is 2.07. The highest BCUT2D eigenvalue weighted by Gasteiger charge is 2.26. The van der Waals surface area contributed by atoms with Gasteiger partial charge in [0.1, 0.15) is 5.69 Å². The van der Waals surface area contributed by atoms with Gasteiger partial charge in [0.2, 0.25) is 0 Å². The fourth-order valence-electron chi connectivity index (χ4n) is 2.46. The van der Waals surface area contributed by atoms with Crippen molar-refractivity contribution in [1.29, 1.82) is 0 Å². The van der Waals surface area contributed by atoms with Crippen molar-refractivity contribution in [3.63, 3.8) is 0 Å². The molecule has 17 heavy (non-hydrogen) atoms. The lowest BCUT2D eigenvalue weighted by Crippen LogP contribution is -2.42. The Bertz CT molecular complexity index is 347. The summed E-state index contributed by atoms with van der Waals surface area (Å²) in [5.74, 6) is 0.0776. The highest BCUT2D eigenvalue weighted by molar-refractivity contribution is 9.09. The Morgan fingerprint density at radius 1 is 1.47 bits per heavy atom. The highest BCUT2D eigenvalue weighted by atomic mass is 79.9. The van der Waals surface area contributed by atoms with Crippen molar-refractivity contribution in [3.05, 3.63) is 18.0 Å². The number of carbonyl (C=O) groups is 1. The molecule has 0 bridgehead atoms. The van der Waals surface area contributed by atoms with Crippen molar-refractivity contribution in [1.82, 2.24) is 15.1 Å². The second-order valence-corrected chi connectivity index (χ2v) is 5.24. The van der Waals surface area contributed by atoms with E-state index in [1.807, 2.05) is 4.90 Å². The average Bonchev–Trinajstić information content (AvgIpc) is 2.90. The van der Waals surface area contributed by atoms with Crippen LogP contribution in [-0.4, -0.2) is 38.9 Å². The molecular weight excluding hydrogens is 282 g/mol. The molecule has 0 aromatic carbocycles. The average molecular weight is 300 g/mol. The summed E-state index contributed by atoms with van der Waals surface area (Å²) in [6.07, 6.45) is 7.66. The maximum atomic E-state index is 12.3. The number of aromatic amines is 1. The lowest BCUT2D eigenvalue weighted by atomic mass is 9.94. The Hall–Kier alpha value is -0.840. The molecule has 1 amide bonds. The van der Waals surface area contributed by atoms with Gasteiger partial charge in [-0.25, -0.2) is 0 Å². The first-order chi connectivity index (χ1) is 8.33. The van der Waals surface area contributed by atoms with E-state index in [2.05, 4.69) is 26.1 Å². The Labute approximate surface area is 110 Å². The molecule has 4 nitrogen and oxygen atoms in total. The van der Waals surface area contributed by atoms with Gasteiger partial charge < -0.3 is 4.90 Å². The van der Waals surface area contributed by atoms with Crippen LogP contribution in [0.3, 0.4) is 0 Å². The first-order valence-corrected chi connectivity index (χ1v) is 7.31. The molecule has 0 spiro atoms. The first-order valence-electron chi connectivity index (χ1n) is 6.19. The van der Waals surface area contributed by atoms with Gasteiger partial charge >= 0.3 is 0 Å². The van der Waals surface area contributed by atoms with Crippen LogP contribution in [0.5, 0.6) is 0 Å². The SMILES string of the molecule is O=C(c1ccn[nH]1)N(CCBr)C1CCCCC1. The van der Waals surface area contributed by atoms with Crippen molar-refractivity contribution < 1.29 is 4.79 Å². The summed E-state index contributed by atoms with van der Waals surface area (Å²) in [6, 6.07) is 2.14. The van der Waals surface area contributed by atoms with E-state index in [0.29, 0.717) is 11.7 Å². The number of alkyl halides is 1. The molecule has 1 aliphatic rings. The van der Waals surface area contributed by atoms with Crippen LogP contribution in [0, 0.1) is 0 Å². The molecule has 1 aliphatic carbocycles. The lowest BCUT2D eigenvalue weighted by Gasteiger charge is -2.33. The van der Waals surface area contributed by atoms with Crippen molar-refractivity contribution in [2.75, 3.05) is 11.9 Å². The molecule has 0 unspecified atom stereocenters. The number of nitrogens with zero attached hydrogens (tertiary/aromatic N) is 2. The normalized spacial score (nSPS) is 17.0. The summed E-state index contributed by atoms with van der Waals surface area (Å²) < 4.78 is 0. The van der Waals surface area contributed by atoms with Crippen molar-refractivity contribution in [2.24, 2.45) is 0 Å². The minimum Gasteiger partial charge on any atom is -0.334 e. The molecule has 0 saturated heterocycles. The van der Waals surface area contributed by atoms with E-state index in [1.165, 1.54) is 19.3 Å². The topological polar surface area (TPSA) is 49.0 Å². The molecule has 1 N–H and O–H groups in total. The third kappa shape index (κ3) is 3.09. The van der Waals surface area contributed by atoms with Crippen LogP contribution in [0.1, 0.15) is 42.6 Å². The summed E-state index contributed by atoms with van der Waals surface area (Å²) in [7, 11) is 0. The summed E-state index contributed by atoms with van der Waals surface area (Å²) in [6.45, 7) is 0.766. The van der Waals surface area contributed by atoms with Gasteiger partial charge in [0.05, 0.1) is 0 Å².